The molecule has 0 radical (unpaired) electrons. The Bertz CT molecular complexity index is 3080. The summed E-state index contributed by atoms with van der Waals surface area (Å²) in [5.74, 6) is 0. The third kappa shape index (κ3) is 4.48. The molecule has 2 heterocycles. The summed E-state index contributed by atoms with van der Waals surface area (Å²) in [6.07, 6.45) is 0. The molecule has 11 rings (SSSR count). The third-order valence-corrected chi connectivity index (χ3v) is 11.5. The summed E-state index contributed by atoms with van der Waals surface area (Å²) in [6.45, 7) is 4.69. The number of rotatable bonds is 5. The van der Waals surface area contributed by atoms with Crippen molar-refractivity contribution in [1.82, 2.24) is 0 Å². The van der Waals surface area contributed by atoms with Gasteiger partial charge in [-0.3, -0.25) is 0 Å². The molecule has 8 aromatic carbocycles. The largest absolute Gasteiger partial charge is 0.456 e. The minimum absolute atomic E-state index is 0.166. The van der Waals surface area contributed by atoms with Gasteiger partial charge in [0.05, 0.1) is 11.4 Å². The Hall–Kier alpha value is -6.84. The van der Waals surface area contributed by atoms with Crippen LogP contribution >= 0.6 is 0 Å². The van der Waals surface area contributed by atoms with Crippen molar-refractivity contribution in [2.24, 2.45) is 0 Å². The molecular formula is C51H35NO2. The molecule has 3 nitrogen and oxygen atoms in total. The first kappa shape index (κ1) is 30.8. The zero-order valence-electron chi connectivity index (χ0n) is 30.0. The summed E-state index contributed by atoms with van der Waals surface area (Å²) in [4.78, 5) is 2.42. The molecule has 0 fully saturated rings. The highest BCUT2D eigenvalue weighted by molar-refractivity contribution is 6.27. The molecule has 256 valence electrons. The maximum absolute atomic E-state index is 7.07. The number of hydrogen-bond acceptors (Lipinski definition) is 3. The third-order valence-electron chi connectivity index (χ3n) is 11.5. The summed E-state index contributed by atoms with van der Waals surface area (Å²) in [5.41, 5.74) is 16.1. The molecule has 0 aliphatic heterocycles. The van der Waals surface area contributed by atoms with Crippen LogP contribution in [0.25, 0.3) is 77.3 Å². The van der Waals surface area contributed by atoms with Gasteiger partial charge in [0.15, 0.2) is 5.58 Å². The predicted octanol–water partition coefficient (Wildman–Crippen LogP) is 14.6. The lowest BCUT2D eigenvalue weighted by atomic mass is 9.82. The van der Waals surface area contributed by atoms with Crippen molar-refractivity contribution in [2.45, 2.75) is 19.3 Å². The Balaban J connectivity index is 1.27. The normalized spacial score (nSPS) is 13.1. The van der Waals surface area contributed by atoms with Crippen molar-refractivity contribution in [3.05, 3.63) is 187 Å². The van der Waals surface area contributed by atoms with Crippen LogP contribution in [0.2, 0.25) is 0 Å². The summed E-state index contributed by atoms with van der Waals surface area (Å²) < 4.78 is 13.5. The second kappa shape index (κ2) is 11.6. The minimum Gasteiger partial charge on any atom is -0.456 e. The lowest BCUT2D eigenvalue weighted by Crippen LogP contribution is -2.17. The molecule has 0 atom stereocenters. The Labute approximate surface area is 313 Å². The molecule has 0 saturated heterocycles. The SMILES string of the molecule is CC1(C)c2ccccc2-c2ccc(N(c3ccccc3-c3ccccc3)c3cc(-c4ccccc4)cc4c3oc3ccc5oc6ccccc6c5c34)cc21. The molecule has 1 aliphatic carbocycles. The standard InChI is InChI=1S/C51H35NO2/c1-51(2)41-22-12-9-20-37(41)38-26-25-35(31-42(38)51)52(43-23-13-10-19-36(43)33-17-7-4-8-18-33)44-30-34(32-15-5-3-6-16-32)29-40-49-47(54-50(40)44)28-27-46-48(49)39-21-11-14-24-45(39)53-46/h3-31H,1-2H3. The van der Waals surface area contributed by atoms with Gasteiger partial charge >= 0.3 is 0 Å². The van der Waals surface area contributed by atoms with Crippen molar-refractivity contribution in [3.63, 3.8) is 0 Å². The smallest absolute Gasteiger partial charge is 0.159 e. The average molecular weight is 694 g/mol. The van der Waals surface area contributed by atoms with E-state index in [2.05, 4.69) is 176 Å². The molecule has 1 aliphatic rings. The van der Waals surface area contributed by atoms with Gasteiger partial charge in [-0.1, -0.05) is 141 Å². The van der Waals surface area contributed by atoms with Crippen LogP contribution in [0, 0.1) is 0 Å². The van der Waals surface area contributed by atoms with Gasteiger partial charge in [0, 0.05) is 38.2 Å². The summed E-state index contributed by atoms with van der Waals surface area (Å²) in [7, 11) is 0. The van der Waals surface area contributed by atoms with E-state index in [9.17, 15) is 0 Å². The zero-order chi connectivity index (χ0) is 36.0. The van der Waals surface area contributed by atoms with Crippen LogP contribution in [0.4, 0.5) is 17.1 Å². The predicted molar refractivity (Wildman–Crippen MR) is 224 cm³/mol. The van der Waals surface area contributed by atoms with Crippen LogP contribution < -0.4 is 4.90 Å². The van der Waals surface area contributed by atoms with E-state index in [0.717, 1.165) is 83.2 Å². The highest BCUT2D eigenvalue weighted by Crippen LogP contribution is 2.53. The van der Waals surface area contributed by atoms with Gasteiger partial charge in [-0.2, -0.15) is 0 Å². The van der Waals surface area contributed by atoms with Crippen molar-refractivity contribution in [3.8, 4) is 33.4 Å². The monoisotopic (exact) mass is 693 g/mol. The van der Waals surface area contributed by atoms with E-state index in [1.807, 2.05) is 18.2 Å². The highest BCUT2D eigenvalue weighted by atomic mass is 16.3. The summed E-state index contributed by atoms with van der Waals surface area (Å²) in [6, 6.07) is 62.9. The van der Waals surface area contributed by atoms with E-state index in [1.54, 1.807) is 0 Å². The topological polar surface area (TPSA) is 29.5 Å². The fourth-order valence-electron chi connectivity index (χ4n) is 8.90. The molecule has 0 amide bonds. The lowest BCUT2D eigenvalue weighted by molar-refractivity contribution is 0.660. The number of benzene rings is 8. The number of fused-ring (bicyclic) bond motifs is 10. The molecule has 0 unspecified atom stereocenters. The number of furan rings is 2. The van der Waals surface area contributed by atoms with Crippen molar-refractivity contribution >= 4 is 60.9 Å². The van der Waals surface area contributed by atoms with Crippen LogP contribution in [0.15, 0.2) is 185 Å². The summed E-state index contributed by atoms with van der Waals surface area (Å²) in [5, 5.41) is 4.27. The van der Waals surface area contributed by atoms with Crippen LogP contribution in [0.1, 0.15) is 25.0 Å². The van der Waals surface area contributed by atoms with Gasteiger partial charge in [-0.15, -0.1) is 0 Å². The summed E-state index contributed by atoms with van der Waals surface area (Å²) >= 11 is 0. The molecule has 3 heteroatoms. The van der Waals surface area contributed by atoms with Gasteiger partial charge in [-0.25, -0.2) is 0 Å². The van der Waals surface area contributed by atoms with E-state index >= 15 is 0 Å². The number of nitrogens with zero attached hydrogens (tertiary/aromatic N) is 1. The van der Waals surface area contributed by atoms with Crippen molar-refractivity contribution < 1.29 is 8.83 Å². The second-order valence-corrected chi connectivity index (χ2v) is 14.9. The van der Waals surface area contributed by atoms with Gasteiger partial charge in [0.1, 0.15) is 16.7 Å². The molecule has 54 heavy (non-hydrogen) atoms. The Morgan fingerprint density at radius 3 is 1.85 bits per heavy atom. The molecule has 10 aromatic rings. The quantitative estimate of drug-likeness (QED) is 0.180. The molecular weight excluding hydrogens is 659 g/mol. The van der Waals surface area contributed by atoms with E-state index in [4.69, 9.17) is 8.83 Å². The van der Waals surface area contributed by atoms with Crippen LogP contribution in [-0.2, 0) is 5.41 Å². The van der Waals surface area contributed by atoms with Gasteiger partial charge in [-0.05, 0) is 87.5 Å². The molecule has 0 N–H and O–H groups in total. The van der Waals surface area contributed by atoms with Crippen molar-refractivity contribution in [1.29, 1.82) is 0 Å². The molecule has 2 aromatic heterocycles. The van der Waals surface area contributed by atoms with Crippen LogP contribution in [0.5, 0.6) is 0 Å². The van der Waals surface area contributed by atoms with Gasteiger partial charge in [0.25, 0.3) is 0 Å². The zero-order valence-corrected chi connectivity index (χ0v) is 30.0. The first-order valence-corrected chi connectivity index (χ1v) is 18.6. The van der Waals surface area contributed by atoms with Gasteiger partial charge < -0.3 is 13.7 Å². The molecule has 0 bridgehead atoms. The first-order chi connectivity index (χ1) is 26.5. The van der Waals surface area contributed by atoms with Crippen molar-refractivity contribution in [2.75, 3.05) is 4.90 Å². The van der Waals surface area contributed by atoms with E-state index in [0.29, 0.717) is 0 Å². The number of para-hydroxylation sites is 2. The maximum Gasteiger partial charge on any atom is 0.159 e. The minimum atomic E-state index is -0.166. The lowest BCUT2D eigenvalue weighted by Gasteiger charge is -2.30. The fourth-order valence-corrected chi connectivity index (χ4v) is 8.90. The fraction of sp³-hybridized carbons (Fsp3) is 0.0588. The van der Waals surface area contributed by atoms with E-state index in [1.165, 1.54) is 22.3 Å². The van der Waals surface area contributed by atoms with Crippen LogP contribution in [-0.4, -0.2) is 0 Å². The number of hydrogen-bond donors (Lipinski definition) is 0. The highest BCUT2D eigenvalue weighted by Gasteiger charge is 2.36. The maximum atomic E-state index is 7.07. The first-order valence-electron chi connectivity index (χ1n) is 18.6. The van der Waals surface area contributed by atoms with E-state index in [-0.39, 0.29) is 5.41 Å². The Morgan fingerprint density at radius 1 is 0.407 bits per heavy atom. The molecule has 0 spiro atoms. The molecule has 0 saturated carbocycles. The van der Waals surface area contributed by atoms with E-state index < -0.39 is 0 Å². The Morgan fingerprint density at radius 2 is 1.04 bits per heavy atom. The van der Waals surface area contributed by atoms with Gasteiger partial charge in [0.2, 0.25) is 0 Å². The average Bonchev–Trinajstić information content (AvgIpc) is 3.86. The Kier molecular flexibility index (Phi) is 6.60. The second-order valence-electron chi connectivity index (χ2n) is 14.9. The number of anilines is 3. The van der Waals surface area contributed by atoms with Crippen LogP contribution in [0.3, 0.4) is 0 Å².